The molecule has 1 atom stereocenters. The monoisotopic (exact) mass is 434 g/mol. The van der Waals surface area contributed by atoms with Gasteiger partial charge in [-0.3, -0.25) is 14.5 Å². The fourth-order valence-corrected chi connectivity index (χ4v) is 3.86. The molecule has 0 aliphatic rings. The van der Waals surface area contributed by atoms with Gasteiger partial charge >= 0.3 is 0 Å². The number of carbonyl (C=O) groups excluding carboxylic acids is 2. The molecule has 0 aliphatic heterocycles. The highest BCUT2D eigenvalue weighted by atomic mass is 35.5. The second-order valence-corrected chi connectivity index (χ2v) is 8.28. The summed E-state index contributed by atoms with van der Waals surface area (Å²) >= 11 is 12.5. The van der Waals surface area contributed by atoms with Crippen LogP contribution in [-0.2, 0) is 9.59 Å². The van der Waals surface area contributed by atoms with Crippen molar-refractivity contribution >= 4 is 46.4 Å². The van der Waals surface area contributed by atoms with Gasteiger partial charge in [-0.15, -0.1) is 0 Å². The van der Waals surface area contributed by atoms with Gasteiger partial charge in [0.25, 0.3) is 0 Å². The molecule has 1 unspecified atom stereocenters. The zero-order chi connectivity index (χ0) is 21.8. The predicted molar refractivity (Wildman–Crippen MR) is 121 cm³/mol. The van der Waals surface area contributed by atoms with Crippen LogP contribution in [0.15, 0.2) is 36.4 Å². The Labute approximate surface area is 183 Å². The van der Waals surface area contributed by atoms with E-state index in [0.29, 0.717) is 34.3 Å². The lowest BCUT2D eigenvalue weighted by atomic mass is 9.77. The van der Waals surface area contributed by atoms with Gasteiger partial charge < -0.3 is 5.73 Å². The molecule has 2 amide bonds. The van der Waals surface area contributed by atoms with Crippen LogP contribution in [0.2, 0.25) is 10.0 Å². The number of amides is 2. The summed E-state index contributed by atoms with van der Waals surface area (Å²) in [4.78, 5) is 28.2. The molecular formula is C23H28Cl2N2O2. The number of hydrogen-bond acceptors (Lipinski definition) is 2. The highest BCUT2D eigenvalue weighted by Gasteiger charge is 2.46. The Morgan fingerprint density at radius 3 is 1.83 bits per heavy atom. The highest BCUT2D eigenvalue weighted by molar-refractivity contribution is 6.31. The van der Waals surface area contributed by atoms with E-state index in [2.05, 4.69) is 0 Å². The fraction of sp³-hybridized carbons (Fsp3) is 0.391. The van der Waals surface area contributed by atoms with Crippen LogP contribution in [0.5, 0.6) is 0 Å². The van der Waals surface area contributed by atoms with E-state index in [4.69, 9.17) is 28.9 Å². The van der Waals surface area contributed by atoms with Crippen LogP contribution in [-0.4, -0.2) is 11.8 Å². The first-order valence-electron chi connectivity index (χ1n) is 9.84. The first-order chi connectivity index (χ1) is 13.7. The summed E-state index contributed by atoms with van der Waals surface area (Å²) in [5.74, 6) is -0.959. The first kappa shape index (κ1) is 23.2. The van der Waals surface area contributed by atoms with Crippen molar-refractivity contribution in [1.29, 1.82) is 0 Å². The molecule has 2 rings (SSSR count). The number of halogens is 2. The number of benzene rings is 2. The van der Waals surface area contributed by atoms with E-state index in [9.17, 15) is 9.59 Å². The van der Waals surface area contributed by atoms with Crippen LogP contribution in [0.1, 0.15) is 50.7 Å². The summed E-state index contributed by atoms with van der Waals surface area (Å²) in [6.07, 6.45) is 2.29. The Morgan fingerprint density at radius 1 is 0.966 bits per heavy atom. The first-order valence-corrected chi connectivity index (χ1v) is 10.6. The predicted octanol–water partition coefficient (Wildman–Crippen LogP) is 6.35. The zero-order valence-electron chi connectivity index (χ0n) is 17.4. The molecule has 29 heavy (non-hydrogen) atoms. The number of rotatable bonds is 8. The van der Waals surface area contributed by atoms with Crippen molar-refractivity contribution in [1.82, 2.24) is 0 Å². The molecule has 0 spiro atoms. The third-order valence-corrected chi connectivity index (χ3v) is 5.94. The van der Waals surface area contributed by atoms with Crippen molar-refractivity contribution < 1.29 is 9.59 Å². The number of unbranched alkanes of at least 4 members (excludes halogenated alkanes) is 1. The van der Waals surface area contributed by atoms with Gasteiger partial charge in [-0.1, -0.05) is 62.0 Å². The maximum Gasteiger partial charge on any atom is 0.247 e. The Kier molecular flexibility index (Phi) is 7.73. The van der Waals surface area contributed by atoms with Crippen molar-refractivity contribution in [3.05, 3.63) is 57.6 Å². The third kappa shape index (κ3) is 4.76. The van der Waals surface area contributed by atoms with E-state index in [1.54, 1.807) is 29.2 Å². The molecule has 2 aromatic rings. The molecule has 0 saturated carbocycles. The topological polar surface area (TPSA) is 63.4 Å². The molecule has 6 heteroatoms. The molecule has 0 fully saturated rings. The van der Waals surface area contributed by atoms with Crippen LogP contribution in [0.25, 0.3) is 0 Å². The Bertz CT molecular complexity index is 862. The normalized spacial score (nSPS) is 13.0. The van der Waals surface area contributed by atoms with E-state index in [1.807, 2.05) is 39.8 Å². The van der Waals surface area contributed by atoms with Crippen molar-refractivity contribution in [2.75, 3.05) is 4.90 Å². The molecule has 156 valence electrons. The Morgan fingerprint density at radius 2 is 1.45 bits per heavy atom. The van der Waals surface area contributed by atoms with Crippen LogP contribution in [0.4, 0.5) is 11.4 Å². The number of aryl methyl sites for hydroxylation is 2. The molecule has 4 nitrogen and oxygen atoms in total. The van der Waals surface area contributed by atoms with Gasteiger partial charge in [0.05, 0.1) is 11.4 Å². The van der Waals surface area contributed by atoms with Crippen molar-refractivity contribution in [3.8, 4) is 0 Å². The average molecular weight is 435 g/mol. The molecular weight excluding hydrogens is 407 g/mol. The summed E-state index contributed by atoms with van der Waals surface area (Å²) in [6.45, 7) is 7.64. The van der Waals surface area contributed by atoms with Gasteiger partial charge in [0.2, 0.25) is 11.8 Å². The Hall–Kier alpha value is -2.04. The second-order valence-electron chi connectivity index (χ2n) is 7.41. The minimum Gasteiger partial charge on any atom is -0.369 e. The van der Waals surface area contributed by atoms with E-state index < -0.39 is 11.3 Å². The molecule has 2 N–H and O–H groups in total. The maximum absolute atomic E-state index is 14.0. The zero-order valence-corrected chi connectivity index (χ0v) is 18.9. The summed E-state index contributed by atoms with van der Waals surface area (Å²) in [6, 6.07) is 10.7. The lowest BCUT2D eigenvalue weighted by Crippen LogP contribution is -2.50. The van der Waals surface area contributed by atoms with Gasteiger partial charge in [0, 0.05) is 10.0 Å². The molecule has 0 radical (unpaired) electrons. The molecule has 2 aromatic carbocycles. The number of carbonyl (C=O) groups is 2. The molecule has 0 aromatic heterocycles. The standard InChI is InChI=1S/C23H28Cl2N2O2/c1-5-7-12-23(6-2,21(26)28)22(29)27(19-13-17(24)10-8-15(19)3)20-14-18(25)11-9-16(20)4/h8-11,13-14H,5-7,12H2,1-4H3,(H2,26,28). The van der Waals surface area contributed by atoms with Gasteiger partial charge in [-0.25, -0.2) is 0 Å². The molecule has 0 aliphatic carbocycles. The SMILES string of the molecule is CCCCC(CC)(C(N)=O)C(=O)N(c1cc(Cl)ccc1C)c1cc(Cl)ccc1C. The lowest BCUT2D eigenvalue weighted by Gasteiger charge is -2.36. The molecule has 0 saturated heterocycles. The van der Waals surface area contributed by atoms with Gasteiger partial charge in [-0.2, -0.15) is 0 Å². The minimum atomic E-state index is -1.31. The van der Waals surface area contributed by atoms with E-state index in [0.717, 1.165) is 24.0 Å². The summed E-state index contributed by atoms with van der Waals surface area (Å²) in [7, 11) is 0. The maximum atomic E-state index is 14.0. The summed E-state index contributed by atoms with van der Waals surface area (Å²) < 4.78 is 0. The number of nitrogens with two attached hydrogens (primary N) is 1. The van der Waals surface area contributed by atoms with E-state index in [1.165, 1.54) is 0 Å². The summed E-state index contributed by atoms with van der Waals surface area (Å²) in [5.41, 5.74) is 7.45. The van der Waals surface area contributed by atoms with E-state index >= 15 is 0 Å². The van der Waals surface area contributed by atoms with Crippen LogP contribution in [0, 0.1) is 19.3 Å². The van der Waals surface area contributed by atoms with Gasteiger partial charge in [0.1, 0.15) is 5.41 Å². The number of nitrogens with zero attached hydrogens (tertiary/aromatic N) is 1. The van der Waals surface area contributed by atoms with E-state index in [-0.39, 0.29) is 5.91 Å². The highest BCUT2D eigenvalue weighted by Crippen LogP contribution is 2.40. The van der Waals surface area contributed by atoms with Gasteiger partial charge in [-0.05, 0) is 62.1 Å². The van der Waals surface area contributed by atoms with Crippen molar-refractivity contribution in [3.63, 3.8) is 0 Å². The smallest absolute Gasteiger partial charge is 0.247 e. The van der Waals surface area contributed by atoms with Crippen LogP contribution in [0.3, 0.4) is 0 Å². The fourth-order valence-electron chi connectivity index (χ4n) is 3.53. The third-order valence-electron chi connectivity index (χ3n) is 5.47. The average Bonchev–Trinajstić information content (AvgIpc) is 2.68. The van der Waals surface area contributed by atoms with Crippen molar-refractivity contribution in [2.45, 2.75) is 53.4 Å². The molecule has 0 bridgehead atoms. The molecule has 0 heterocycles. The Balaban J connectivity index is 2.78. The number of primary amides is 1. The largest absolute Gasteiger partial charge is 0.369 e. The second kappa shape index (κ2) is 9.64. The summed E-state index contributed by atoms with van der Waals surface area (Å²) in [5, 5.41) is 0.996. The van der Waals surface area contributed by atoms with Gasteiger partial charge in [0.15, 0.2) is 0 Å². The minimum absolute atomic E-state index is 0.316. The number of hydrogen-bond donors (Lipinski definition) is 1. The lowest BCUT2D eigenvalue weighted by molar-refractivity contribution is -0.140. The number of anilines is 2. The quantitative estimate of drug-likeness (QED) is 0.492. The van der Waals surface area contributed by atoms with Crippen LogP contribution < -0.4 is 10.6 Å². The van der Waals surface area contributed by atoms with Crippen LogP contribution >= 0.6 is 23.2 Å². The van der Waals surface area contributed by atoms with Crippen molar-refractivity contribution in [2.24, 2.45) is 11.1 Å².